The lowest BCUT2D eigenvalue weighted by molar-refractivity contribution is -0.131. The van der Waals surface area contributed by atoms with Crippen molar-refractivity contribution >= 4 is 17.7 Å². The third-order valence-electron chi connectivity index (χ3n) is 2.95. The van der Waals surface area contributed by atoms with Crippen LogP contribution in [0.15, 0.2) is 0 Å². The van der Waals surface area contributed by atoms with Crippen LogP contribution in [0.25, 0.3) is 0 Å². The number of hydrogen-bond acceptors (Lipinski definition) is 3. The molecule has 0 bridgehead atoms. The Hall–Kier alpha value is -0.660. The highest BCUT2D eigenvalue weighted by Gasteiger charge is 2.29. The number of amides is 1. The van der Waals surface area contributed by atoms with Crippen molar-refractivity contribution in [2.45, 2.75) is 50.5 Å². The Morgan fingerprint density at radius 3 is 3.06 bits per heavy atom. The summed E-state index contributed by atoms with van der Waals surface area (Å²) in [7, 11) is 0. The fraction of sp³-hybridized carbons (Fsp3) is 0.769. The topological polar surface area (TPSA) is 38.3 Å². The molecule has 0 radical (unpaired) electrons. The summed E-state index contributed by atoms with van der Waals surface area (Å²) < 4.78 is 5.20. The van der Waals surface area contributed by atoms with E-state index in [4.69, 9.17) is 11.2 Å². The number of nitrogens with one attached hydrogen (secondary N) is 1. The Labute approximate surface area is 108 Å². The highest BCUT2D eigenvalue weighted by molar-refractivity contribution is 7.99. The number of thioether (sulfide) groups is 1. The van der Waals surface area contributed by atoms with Gasteiger partial charge in [-0.05, 0) is 25.5 Å². The molecule has 0 saturated heterocycles. The first-order valence-electron chi connectivity index (χ1n) is 6.16. The van der Waals surface area contributed by atoms with Crippen molar-refractivity contribution < 1.29 is 9.53 Å². The van der Waals surface area contributed by atoms with Crippen molar-refractivity contribution in [2.24, 2.45) is 0 Å². The van der Waals surface area contributed by atoms with Crippen molar-refractivity contribution in [1.29, 1.82) is 0 Å². The van der Waals surface area contributed by atoms with E-state index in [0.29, 0.717) is 11.3 Å². The highest BCUT2D eigenvalue weighted by Crippen LogP contribution is 2.29. The van der Waals surface area contributed by atoms with E-state index in [1.54, 1.807) is 6.92 Å². The van der Waals surface area contributed by atoms with Crippen LogP contribution >= 0.6 is 11.8 Å². The van der Waals surface area contributed by atoms with Crippen LogP contribution in [0.4, 0.5) is 0 Å². The lowest BCUT2D eigenvalue weighted by Crippen LogP contribution is -2.44. The van der Waals surface area contributed by atoms with Gasteiger partial charge in [0.25, 0.3) is 0 Å². The summed E-state index contributed by atoms with van der Waals surface area (Å²) in [5, 5.41) is 3.63. The molecule has 1 aliphatic carbocycles. The Morgan fingerprint density at radius 2 is 2.41 bits per heavy atom. The molecule has 17 heavy (non-hydrogen) atoms. The summed E-state index contributed by atoms with van der Waals surface area (Å²) in [6.07, 6.45) is 8.10. The molecule has 1 N–H and O–H groups in total. The average molecular weight is 255 g/mol. The van der Waals surface area contributed by atoms with E-state index in [1.807, 2.05) is 11.8 Å². The van der Waals surface area contributed by atoms with Gasteiger partial charge in [-0.15, -0.1) is 6.42 Å². The number of carbonyl (C=O) groups excluding carboxylic acids is 1. The summed E-state index contributed by atoms with van der Waals surface area (Å²) in [6, 6.07) is 0.296. The quantitative estimate of drug-likeness (QED) is 0.736. The second-order valence-electron chi connectivity index (χ2n) is 4.20. The second-order valence-corrected chi connectivity index (χ2v) is 5.71. The van der Waals surface area contributed by atoms with E-state index in [0.717, 1.165) is 12.2 Å². The molecular weight excluding hydrogens is 234 g/mol. The second kappa shape index (κ2) is 7.62. The molecule has 1 amide bonds. The molecule has 1 rings (SSSR count). The monoisotopic (exact) mass is 255 g/mol. The SMILES string of the molecule is C#CCOC(C)C(=O)NC1CCCC1SCC. The Morgan fingerprint density at radius 1 is 1.65 bits per heavy atom. The van der Waals surface area contributed by atoms with E-state index < -0.39 is 6.10 Å². The first-order valence-corrected chi connectivity index (χ1v) is 7.21. The maximum Gasteiger partial charge on any atom is 0.249 e. The Balaban J connectivity index is 2.37. The van der Waals surface area contributed by atoms with Crippen LogP contribution in [0, 0.1) is 12.3 Å². The van der Waals surface area contributed by atoms with E-state index in [-0.39, 0.29) is 12.5 Å². The van der Waals surface area contributed by atoms with Crippen molar-refractivity contribution in [3.63, 3.8) is 0 Å². The van der Waals surface area contributed by atoms with Gasteiger partial charge in [0.2, 0.25) is 5.91 Å². The molecular formula is C13H21NO2S. The fourth-order valence-corrected chi connectivity index (χ4v) is 3.25. The summed E-state index contributed by atoms with van der Waals surface area (Å²) in [4.78, 5) is 11.8. The largest absolute Gasteiger partial charge is 0.356 e. The molecule has 0 aliphatic heterocycles. The predicted octanol–water partition coefficient (Wildman–Crippen LogP) is 1.82. The van der Waals surface area contributed by atoms with E-state index in [9.17, 15) is 4.79 Å². The molecule has 1 fully saturated rings. The number of ether oxygens (including phenoxy) is 1. The van der Waals surface area contributed by atoms with Crippen LogP contribution in [-0.4, -0.2) is 35.7 Å². The molecule has 1 saturated carbocycles. The van der Waals surface area contributed by atoms with Crippen LogP contribution in [-0.2, 0) is 9.53 Å². The number of terminal acetylenes is 1. The van der Waals surface area contributed by atoms with Crippen LogP contribution < -0.4 is 5.32 Å². The van der Waals surface area contributed by atoms with E-state index in [2.05, 4.69) is 18.2 Å². The molecule has 0 aromatic rings. The fourth-order valence-electron chi connectivity index (χ4n) is 2.05. The zero-order valence-electron chi connectivity index (χ0n) is 10.6. The van der Waals surface area contributed by atoms with Gasteiger partial charge in [0.05, 0.1) is 0 Å². The lowest BCUT2D eigenvalue weighted by Gasteiger charge is -2.22. The van der Waals surface area contributed by atoms with Crippen molar-refractivity contribution in [3.8, 4) is 12.3 Å². The molecule has 3 unspecified atom stereocenters. The minimum atomic E-state index is -0.459. The first kappa shape index (κ1) is 14.4. The minimum Gasteiger partial charge on any atom is -0.356 e. The highest BCUT2D eigenvalue weighted by atomic mass is 32.2. The normalized spacial score (nSPS) is 25.2. The van der Waals surface area contributed by atoms with Crippen molar-refractivity contribution in [2.75, 3.05) is 12.4 Å². The van der Waals surface area contributed by atoms with Gasteiger partial charge in [0, 0.05) is 11.3 Å². The number of rotatable bonds is 6. The van der Waals surface area contributed by atoms with Gasteiger partial charge in [0.15, 0.2) is 0 Å². The van der Waals surface area contributed by atoms with Crippen molar-refractivity contribution in [1.82, 2.24) is 5.32 Å². The van der Waals surface area contributed by atoms with E-state index in [1.165, 1.54) is 12.8 Å². The lowest BCUT2D eigenvalue weighted by atomic mass is 10.2. The van der Waals surface area contributed by atoms with Crippen LogP contribution in [0.5, 0.6) is 0 Å². The molecule has 3 atom stereocenters. The third-order valence-corrected chi connectivity index (χ3v) is 4.27. The van der Waals surface area contributed by atoms with E-state index >= 15 is 0 Å². The third kappa shape index (κ3) is 4.61. The predicted molar refractivity (Wildman–Crippen MR) is 71.9 cm³/mol. The minimum absolute atomic E-state index is 0.0474. The van der Waals surface area contributed by atoms with Gasteiger partial charge in [-0.1, -0.05) is 19.3 Å². The molecule has 0 aromatic carbocycles. The summed E-state index contributed by atoms with van der Waals surface area (Å²) in [6.45, 7) is 4.08. The molecule has 4 heteroatoms. The van der Waals surface area contributed by atoms with Gasteiger partial charge in [-0.3, -0.25) is 4.79 Å². The molecule has 0 aromatic heterocycles. The summed E-state index contributed by atoms with van der Waals surface area (Å²) >= 11 is 1.93. The van der Waals surface area contributed by atoms with Crippen LogP contribution in [0.3, 0.4) is 0 Å². The van der Waals surface area contributed by atoms with Gasteiger partial charge in [-0.25, -0.2) is 0 Å². The summed E-state index contributed by atoms with van der Waals surface area (Å²) in [5.41, 5.74) is 0. The number of hydrogen-bond donors (Lipinski definition) is 1. The first-order chi connectivity index (χ1) is 8.19. The Kier molecular flexibility index (Phi) is 6.46. The Bertz CT molecular complexity index is 288. The molecule has 1 aliphatic rings. The molecule has 3 nitrogen and oxygen atoms in total. The smallest absolute Gasteiger partial charge is 0.249 e. The van der Waals surface area contributed by atoms with Crippen molar-refractivity contribution in [3.05, 3.63) is 0 Å². The standard InChI is InChI=1S/C13H21NO2S/c1-4-9-16-10(3)13(15)14-11-7-6-8-12(11)17-5-2/h1,10-12H,5-9H2,2-3H3,(H,14,15). The molecule has 0 spiro atoms. The zero-order valence-corrected chi connectivity index (χ0v) is 11.4. The van der Waals surface area contributed by atoms with Gasteiger partial charge >= 0.3 is 0 Å². The van der Waals surface area contributed by atoms with Crippen LogP contribution in [0.1, 0.15) is 33.1 Å². The van der Waals surface area contributed by atoms with Gasteiger partial charge < -0.3 is 10.1 Å². The maximum absolute atomic E-state index is 11.8. The van der Waals surface area contributed by atoms with Crippen LogP contribution in [0.2, 0.25) is 0 Å². The molecule has 0 heterocycles. The zero-order chi connectivity index (χ0) is 12.7. The maximum atomic E-state index is 11.8. The van der Waals surface area contributed by atoms with Gasteiger partial charge in [-0.2, -0.15) is 11.8 Å². The van der Waals surface area contributed by atoms with Gasteiger partial charge in [0.1, 0.15) is 12.7 Å². The molecule has 96 valence electrons. The summed E-state index contributed by atoms with van der Waals surface area (Å²) in [5.74, 6) is 3.42. The number of carbonyl (C=O) groups is 1. The average Bonchev–Trinajstić information content (AvgIpc) is 2.74.